The minimum absolute atomic E-state index is 0.123. The molecule has 1 aromatic carbocycles. The second kappa shape index (κ2) is 7.37. The highest BCUT2D eigenvalue weighted by molar-refractivity contribution is 5.92. The number of pyridine rings is 1. The van der Waals surface area contributed by atoms with Crippen LogP contribution in [0, 0.1) is 0 Å². The van der Waals surface area contributed by atoms with Crippen LogP contribution in [0.5, 0.6) is 0 Å². The summed E-state index contributed by atoms with van der Waals surface area (Å²) in [5, 5.41) is 7.42. The third-order valence-corrected chi connectivity index (χ3v) is 3.46. The zero-order chi connectivity index (χ0) is 16.8. The van der Waals surface area contributed by atoms with E-state index in [9.17, 15) is 4.79 Å². The second-order valence-corrected chi connectivity index (χ2v) is 5.18. The van der Waals surface area contributed by atoms with E-state index in [0.29, 0.717) is 6.54 Å². The number of hydrogen-bond acceptors (Lipinski definition) is 3. The minimum Gasteiger partial charge on any atom is -0.353 e. The number of para-hydroxylation sites is 1. The number of carbonyl (C=O) groups excluding carboxylic acids is 1. The lowest BCUT2D eigenvalue weighted by atomic mass is 10.1. The highest BCUT2D eigenvalue weighted by Gasteiger charge is 2.10. The van der Waals surface area contributed by atoms with E-state index in [1.54, 1.807) is 23.2 Å². The molecule has 1 N–H and O–H groups in total. The lowest BCUT2D eigenvalue weighted by Crippen LogP contribution is -2.19. The van der Waals surface area contributed by atoms with E-state index in [1.165, 1.54) is 6.08 Å². The van der Waals surface area contributed by atoms with Crippen LogP contribution in [0.15, 0.2) is 67.1 Å². The Morgan fingerprint density at radius 2 is 2.04 bits per heavy atom. The standard InChI is InChI=1S/C19H18N4O/c1-2-21-18(24)11-10-16-14-23(17-8-4-3-5-9-17)22-19(16)15-7-6-12-20-13-15/h3-14H,2H2,1H3,(H,21,24). The van der Waals surface area contributed by atoms with E-state index < -0.39 is 0 Å². The predicted molar refractivity (Wildman–Crippen MR) is 94.5 cm³/mol. The van der Waals surface area contributed by atoms with Crippen LogP contribution in [0.2, 0.25) is 0 Å². The highest BCUT2D eigenvalue weighted by Crippen LogP contribution is 2.24. The van der Waals surface area contributed by atoms with E-state index >= 15 is 0 Å². The molecule has 0 bridgehead atoms. The van der Waals surface area contributed by atoms with Gasteiger partial charge in [0.1, 0.15) is 5.69 Å². The number of nitrogens with one attached hydrogen (secondary N) is 1. The summed E-state index contributed by atoms with van der Waals surface area (Å²) in [5.41, 5.74) is 3.51. The molecule has 1 amide bonds. The zero-order valence-corrected chi connectivity index (χ0v) is 13.4. The summed E-state index contributed by atoms with van der Waals surface area (Å²) in [6, 6.07) is 13.7. The van der Waals surface area contributed by atoms with Crippen molar-refractivity contribution in [2.45, 2.75) is 6.92 Å². The first-order chi connectivity index (χ1) is 11.8. The molecular weight excluding hydrogens is 300 g/mol. The molecule has 0 atom stereocenters. The molecule has 0 spiro atoms. The number of likely N-dealkylation sites (N-methyl/N-ethyl adjacent to an activating group) is 1. The maximum atomic E-state index is 11.7. The van der Waals surface area contributed by atoms with Crippen molar-refractivity contribution in [2.75, 3.05) is 6.54 Å². The summed E-state index contributed by atoms with van der Waals surface area (Å²) in [6.07, 6.45) is 8.70. The Bertz CT molecular complexity index is 838. The SMILES string of the molecule is CCNC(=O)C=Cc1cn(-c2ccccc2)nc1-c1cccnc1. The van der Waals surface area contributed by atoms with Gasteiger partial charge in [-0.05, 0) is 37.3 Å². The van der Waals surface area contributed by atoms with Gasteiger partial charge in [0.25, 0.3) is 0 Å². The molecule has 0 radical (unpaired) electrons. The largest absolute Gasteiger partial charge is 0.353 e. The van der Waals surface area contributed by atoms with Gasteiger partial charge in [-0.15, -0.1) is 0 Å². The van der Waals surface area contributed by atoms with Crippen molar-refractivity contribution in [2.24, 2.45) is 0 Å². The van der Waals surface area contributed by atoms with Crippen molar-refractivity contribution < 1.29 is 4.79 Å². The topological polar surface area (TPSA) is 59.8 Å². The predicted octanol–water partition coefficient (Wildman–Crippen LogP) is 3.08. The van der Waals surface area contributed by atoms with E-state index in [0.717, 1.165) is 22.5 Å². The number of aromatic nitrogens is 3. The van der Waals surface area contributed by atoms with Gasteiger partial charge < -0.3 is 5.32 Å². The van der Waals surface area contributed by atoms with Gasteiger partial charge in [0.15, 0.2) is 0 Å². The molecule has 0 unspecified atom stereocenters. The number of nitrogens with zero attached hydrogens (tertiary/aromatic N) is 3. The lowest BCUT2D eigenvalue weighted by Gasteiger charge is -1.99. The van der Waals surface area contributed by atoms with Crippen molar-refractivity contribution in [3.8, 4) is 16.9 Å². The van der Waals surface area contributed by atoms with E-state index in [4.69, 9.17) is 0 Å². The van der Waals surface area contributed by atoms with Crippen LogP contribution in [0.4, 0.5) is 0 Å². The van der Waals surface area contributed by atoms with Crippen LogP contribution in [-0.4, -0.2) is 27.2 Å². The Kier molecular flexibility index (Phi) is 4.81. The highest BCUT2D eigenvalue weighted by atomic mass is 16.1. The van der Waals surface area contributed by atoms with Crippen molar-refractivity contribution >= 4 is 12.0 Å². The molecule has 24 heavy (non-hydrogen) atoms. The Labute approximate surface area is 140 Å². The maximum absolute atomic E-state index is 11.7. The third-order valence-electron chi connectivity index (χ3n) is 3.46. The summed E-state index contributed by atoms with van der Waals surface area (Å²) >= 11 is 0. The molecule has 2 heterocycles. The van der Waals surface area contributed by atoms with E-state index in [2.05, 4.69) is 15.4 Å². The van der Waals surface area contributed by atoms with Crippen LogP contribution in [0.1, 0.15) is 12.5 Å². The average Bonchev–Trinajstić information content (AvgIpc) is 3.06. The Morgan fingerprint density at radius 3 is 2.75 bits per heavy atom. The number of hydrogen-bond donors (Lipinski definition) is 1. The normalized spacial score (nSPS) is 10.9. The molecule has 0 aliphatic heterocycles. The smallest absolute Gasteiger partial charge is 0.243 e. The van der Waals surface area contributed by atoms with Crippen molar-refractivity contribution in [1.82, 2.24) is 20.1 Å². The van der Waals surface area contributed by atoms with E-state index in [1.807, 2.05) is 55.6 Å². The summed E-state index contributed by atoms with van der Waals surface area (Å²) in [5.74, 6) is -0.123. The van der Waals surface area contributed by atoms with Gasteiger partial charge in [0.2, 0.25) is 5.91 Å². The number of rotatable bonds is 5. The molecule has 5 heteroatoms. The van der Waals surface area contributed by atoms with Gasteiger partial charge >= 0.3 is 0 Å². The van der Waals surface area contributed by atoms with Gasteiger partial charge in [0.05, 0.1) is 5.69 Å². The first-order valence-electron chi connectivity index (χ1n) is 7.79. The summed E-state index contributed by atoms with van der Waals surface area (Å²) in [6.45, 7) is 2.49. The molecule has 3 rings (SSSR count). The van der Waals surface area contributed by atoms with Crippen LogP contribution >= 0.6 is 0 Å². The maximum Gasteiger partial charge on any atom is 0.243 e. The molecule has 3 aromatic rings. The van der Waals surface area contributed by atoms with Crippen LogP contribution < -0.4 is 5.32 Å². The molecule has 2 aromatic heterocycles. The fraction of sp³-hybridized carbons (Fsp3) is 0.105. The van der Waals surface area contributed by atoms with Crippen LogP contribution in [-0.2, 0) is 4.79 Å². The Morgan fingerprint density at radius 1 is 1.21 bits per heavy atom. The van der Waals surface area contributed by atoms with Crippen molar-refractivity contribution in [1.29, 1.82) is 0 Å². The summed E-state index contributed by atoms with van der Waals surface area (Å²) < 4.78 is 1.81. The molecule has 120 valence electrons. The van der Waals surface area contributed by atoms with Gasteiger partial charge in [-0.3, -0.25) is 9.78 Å². The van der Waals surface area contributed by atoms with Crippen molar-refractivity contribution in [3.05, 3.63) is 72.7 Å². The molecular formula is C19H18N4O. The van der Waals surface area contributed by atoms with Gasteiger partial charge in [0, 0.05) is 42.3 Å². The third kappa shape index (κ3) is 3.57. The second-order valence-electron chi connectivity index (χ2n) is 5.18. The Balaban J connectivity index is 2.02. The quantitative estimate of drug-likeness (QED) is 0.735. The first kappa shape index (κ1) is 15.7. The number of amides is 1. The zero-order valence-electron chi connectivity index (χ0n) is 13.4. The summed E-state index contributed by atoms with van der Waals surface area (Å²) in [4.78, 5) is 15.9. The fourth-order valence-electron chi connectivity index (χ4n) is 2.35. The fourth-order valence-corrected chi connectivity index (χ4v) is 2.35. The van der Waals surface area contributed by atoms with Crippen LogP contribution in [0.25, 0.3) is 23.0 Å². The minimum atomic E-state index is -0.123. The molecule has 0 saturated heterocycles. The molecule has 0 fully saturated rings. The molecule has 0 saturated carbocycles. The number of carbonyl (C=O) groups is 1. The summed E-state index contributed by atoms with van der Waals surface area (Å²) in [7, 11) is 0. The number of benzene rings is 1. The van der Waals surface area contributed by atoms with Crippen molar-refractivity contribution in [3.63, 3.8) is 0 Å². The average molecular weight is 318 g/mol. The molecule has 0 aliphatic carbocycles. The monoisotopic (exact) mass is 318 g/mol. The van der Waals surface area contributed by atoms with Gasteiger partial charge in [-0.25, -0.2) is 4.68 Å². The van der Waals surface area contributed by atoms with E-state index in [-0.39, 0.29) is 5.91 Å². The molecule has 5 nitrogen and oxygen atoms in total. The van der Waals surface area contributed by atoms with Gasteiger partial charge in [-0.1, -0.05) is 18.2 Å². The lowest BCUT2D eigenvalue weighted by molar-refractivity contribution is -0.116. The first-order valence-corrected chi connectivity index (χ1v) is 7.79. The van der Waals surface area contributed by atoms with Crippen LogP contribution in [0.3, 0.4) is 0 Å². The Hall–Kier alpha value is -3.21. The van der Waals surface area contributed by atoms with Gasteiger partial charge in [-0.2, -0.15) is 5.10 Å². The molecule has 0 aliphatic rings.